The third kappa shape index (κ3) is 5.14. The molecule has 2 aromatic carbocycles. The average Bonchev–Trinajstić information content (AvgIpc) is 3.33. The number of benzene rings is 2. The maximum atomic E-state index is 14.1. The first-order valence-electron chi connectivity index (χ1n) is 9.50. The molecule has 0 saturated heterocycles. The predicted molar refractivity (Wildman–Crippen MR) is 109 cm³/mol. The van der Waals surface area contributed by atoms with Crippen LogP contribution in [0.25, 0.3) is 5.69 Å². The molecule has 33 heavy (non-hydrogen) atoms. The van der Waals surface area contributed by atoms with Crippen LogP contribution >= 0.6 is 0 Å². The summed E-state index contributed by atoms with van der Waals surface area (Å²) in [6, 6.07) is 10.1. The zero-order valence-electron chi connectivity index (χ0n) is 16.8. The molecule has 0 radical (unpaired) electrons. The number of nitrogens with zero attached hydrogens (tertiary/aromatic N) is 4. The second kappa shape index (κ2) is 9.07. The number of anilines is 1. The highest BCUT2D eigenvalue weighted by atomic mass is 19.4. The average molecular weight is 457 g/mol. The van der Waals surface area contributed by atoms with Crippen LogP contribution in [-0.2, 0) is 12.8 Å². The van der Waals surface area contributed by atoms with Gasteiger partial charge < -0.3 is 10.1 Å². The van der Waals surface area contributed by atoms with Gasteiger partial charge in [-0.3, -0.25) is 9.78 Å². The van der Waals surface area contributed by atoms with Gasteiger partial charge in [0.1, 0.15) is 19.3 Å². The first-order valence-corrected chi connectivity index (χ1v) is 9.50. The van der Waals surface area contributed by atoms with Crippen molar-refractivity contribution in [1.82, 2.24) is 19.7 Å². The van der Waals surface area contributed by atoms with Crippen molar-refractivity contribution in [2.24, 2.45) is 0 Å². The Morgan fingerprint density at radius 3 is 2.64 bits per heavy atom. The van der Waals surface area contributed by atoms with Crippen LogP contribution in [0, 0.1) is 5.82 Å². The molecule has 0 aliphatic heterocycles. The highest BCUT2D eigenvalue weighted by Gasteiger charge is 2.34. The Bertz CT molecular complexity index is 1260. The van der Waals surface area contributed by atoms with Gasteiger partial charge in [0, 0.05) is 29.2 Å². The molecule has 7 nitrogen and oxygen atoms in total. The van der Waals surface area contributed by atoms with Gasteiger partial charge in [0.25, 0.3) is 5.91 Å². The quantitative estimate of drug-likeness (QED) is 0.426. The van der Waals surface area contributed by atoms with Crippen LogP contribution in [0.4, 0.5) is 23.2 Å². The Morgan fingerprint density at radius 2 is 1.94 bits per heavy atom. The highest BCUT2D eigenvalue weighted by Crippen LogP contribution is 2.35. The summed E-state index contributed by atoms with van der Waals surface area (Å²) in [7, 11) is 0. The summed E-state index contributed by atoms with van der Waals surface area (Å²) in [5.41, 5.74) is -0.653. The van der Waals surface area contributed by atoms with E-state index in [1.807, 2.05) is 0 Å². The van der Waals surface area contributed by atoms with Gasteiger partial charge in [0.05, 0.1) is 11.3 Å². The monoisotopic (exact) mass is 457 g/mol. The number of ether oxygens (including phenoxy) is 1. The number of amides is 1. The number of hydrogen-bond donors (Lipinski definition) is 1. The summed E-state index contributed by atoms with van der Waals surface area (Å²) < 4.78 is 61.2. The third-order valence-corrected chi connectivity index (χ3v) is 4.54. The summed E-state index contributed by atoms with van der Waals surface area (Å²) in [5, 5.41) is 6.11. The number of halogens is 4. The van der Waals surface area contributed by atoms with Crippen LogP contribution < -0.4 is 10.1 Å². The summed E-state index contributed by atoms with van der Waals surface area (Å²) in [4.78, 5) is 20.2. The lowest BCUT2D eigenvalue weighted by Crippen LogP contribution is -2.15. The maximum Gasteiger partial charge on any atom is 0.418 e. The highest BCUT2D eigenvalue weighted by molar-refractivity contribution is 6.04. The van der Waals surface area contributed by atoms with Crippen molar-refractivity contribution in [1.29, 1.82) is 0 Å². The van der Waals surface area contributed by atoms with Gasteiger partial charge >= 0.3 is 6.18 Å². The first-order chi connectivity index (χ1) is 15.8. The molecule has 0 fully saturated rings. The number of aromatic nitrogens is 4. The van der Waals surface area contributed by atoms with Crippen molar-refractivity contribution < 1.29 is 27.1 Å². The number of hydrogen-bond acceptors (Lipinski definition) is 5. The molecule has 2 aromatic heterocycles. The number of alkyl halides is 3. The summed E-state index contributed by atoms with van der Waals surface area (Å²) >= 11 is 0. The Morgan fingerprint density at radius 1 is 1.09 bits per heavy atom. The summed E-state index contributed by atoms with van der Waals surface area (Å²) in [5.74, 6) is -1.60. The lowest BCUT2D eigenvalue weighted by atomic mass is 10.1. The Balaban J connectivity index is 1.54. The van der Waals surface area contributed by atoms with E-state index in [9.17, 15) is 22.4 Å². The smallest absolute Gasteiger partial charge is 0.418 e. The number of nitrogens with one attached hydrogen (secondary N) is 1. The normalized spacial score (nSPS) is 11.3. The third-order valence-electron chi connectivity index (χ3n) is 4.54. The number of rotatable bonds is 6. The zero-order valence-corrected chi connectivity index (χ0v) is 16.8. The SMILES string of the molecule is O=C(Nc1ccc(-n2cncn2)c(C(F)(F)F)c1)c1ccc(F)c(OCc2cccnc2)c1. The van der Waals surface area contributed by atoms with Crippen molar-refractivity contribution in [2.45, 2.75) is 12.8 Å². The standard InChI is InChI=1S/C22H15F4N5O2/c23-18-5-3-15(8-20(18)33-11-14-2-1-7-27-10-14)21(32)30-16-4-6-19(31-13-28-12-29-31)17(9-16)22(24,25)26/h1-10,12-13H,11H2,(H,30,32). The molecule has 0 atom stereocenters. The molecular weight excluding hydrogens is 442 g/mol. The summed E-state index contributed by atoms with van der Waals surface area (Å²) in [6.07, 6.45) is 0.672. The molecule has 168 valence electrons. The van der Waals surface area contributed by atoms with Gasteiger partial charge in [-0.15, -0.1) is 0 Å². The molecule has 0 unspecified atom stereocenters. The molecule has 0 bridgehead atoms. The van der Waals surface area contributed by atoms with Crippen molar-refractivity contribution in [3.05, 3.63) is 96.1 Å². The zero-order chi connectivity index (χ0) is 23.4. The fourth-order valence-corrected chi connectivity index (χ4v) is 2.98. The van der Waals surface area contributed by atoms with Gasteiger partial charge in [-0.2, -0.15) is 18.3 Å². The molecular formula is C22H15F4N5O2. The van der Waals surface area contributed by atoms with E-state index >= 15 is 0 Å². The molecule has 1 amide bonds. The lowest BCUT2D eigenvalue weighted by Gasteiger charge is -2.15. The van der Waals surface area contributed by atoms with Crippen molar-refractivity contribution in [3.8, 4) is 11.4 Å². The minimum atomic E-state index is -4.70. The van der Waals surface area contributed by atoms with Gasteiger partial charge in [-0.05, 0) is 42.5 Å². The van der Waals surface area contributed by atoms with Crippen molar-refractivity contribution in [3.63, 3.8) is 0 Å². The Kier molecular flexibility index (Phi) is 6.03. The predicted octanol–water partition coefficient (Wildman–Crippen LogP) is 4.65. The molecule has 4 aromatic rings. The topological polar surface area (TPSA) is 81.9 Å². The van der Waals surface area contributed by atoms with Crippen LogP contribution in [0.2, 0.25) is 0 Å². The minimum Gasteiger partial charge on any atom is -0.486 e. The molecule has 2 heterocycles. The Labute approximate surface area is 184 Å². The van der Waals surface area contributed by atoms with Crippen LogP contribution in [0.3, 0.4) is 0 Å². The van der Waals surface area contributed by atoms with Crippen molar-refractivity contribution in [2.75, 3.05) is 5.32 Å². The number of pyridine rings is 1. The lowest BCUT2D eigenvalue weighted by molar-refractivity contribution is -0.137. The maximum absolute atomic E-state index is 14.1. The molecule has 0 aliphatic carbocycles. The minimum absolute atomic E-state index is 0.00602. The van der Waals surface area contributed by atoms with E-state index in [0.29, 0.717) is 5.56 Å². The summed E-state index contributed by atoms with van der Waals surface area (Å²) in [6.45, 7) is 0.0223. The fourth-order valence-electron chi connectivity index (χ4n) is 2.98. The molecule has 0 saturated carbocycles. The van der Waals surface area contributed by atoms with E-state index in [1.165, 1.54) is 24.3 Å². The van der Waals surface area contributed by atoms with Gasteiger partial charge in [-0.1, -0.05) is 6.07 Å². The first kappa shape index (κ1) is 21.9. The number of carbonyl (C=O) groups is 1. The molecule has 0 aliphatic rings. The van der Waals surface area contributed by atoms with Gasteiger partial charge in [0.15, 0.2) is 11.6 Å². The van der Waals surface area contributed by atoms with E-state index in [4.69, 9.17) is 4.74 Å². The molecule has 0 spiro atoms. The molecule has 1 N–H and O–H groups in total. The second-order valence-corrected chi connectivity index (χ2v) is 6.82. The molecule has 4 rings (SSSR count). The van der Waals surface area contributed by atoms with Gasteiger partial charge in [-0.25, -0.2) is 14.1 Å². The van der Waals surface area contributed by atoms with Gasteiger partial charge in [0.2, 0.25) is 0 Å². The van der Waals surface area contributed by atoms with Crippen molar-refractivity contribution >= 4 is 11.6 Å². The van der Waals surface area contributed by atoms with Crippen LogP contribution in [0.15, 0.2) is 73.6 Å². The van der Waals surface area contributed by atoms with Crippen LogP contribution in [0.1, 0.15) is 21.5 Å². The largest absolute Gasteiger partial charge is 0.486 e. The number of carbonyl (C=O) groups excluding carboxylic acids is 1. The van der Waals surface area contributed by atoms with E-state index in [0.717, 1.165) is 29.5 Å². The van der Waals surface area contributed by atoms with Crippen LogP contribution in [-0.4, -0.2) is 25.7 Å². The van der Waals surface area contributed by atoms with Crippen LogP contribution in [0.5, 0.6) is 5.75 Å². The van der Waals surface area contributed by atoms with E-state index in [-0.39, 0.29) is 29.3 Å². The van der Waals surface area contributed by atoms with E-state index in [2.05, 4.69) is 20.4 Å². The Hall–Kier alpha value is -4.28. The second-order valence-electron chi connectivity index (χ2n) is 6.82. The fraction of sp³-hybridized carbons (Fsp3) is 0.0909. The molecule has 11 heteroatoms. The van der Waals surface area contributed by atoms with E-state index in [1.54, 1.807) is 24.5 Å². The van der Waals surface area contributed by atoms with E-state index < -0.39 is 23.5 Å².